The average Bonchev–Trinajstić information content (AvgIpc) is 3.36. The quantitative estimate of drug-likeness (QED) is 0.849. The monoisotopic (exact) mass is 358 g/mol. The van der Waals surface area contributed by atoms with Crippen molar-refractivity contribution in [3.63, 3.8) is 0 Å². The van der Waals surface area contributed by atoms with Gasteiger partial charge in [-0.3, -0.25) is 4.90 Å². The molecule has 0 spiro atoms. The number of pyridine rings is 1. The summed E-state index contributed by atoms with van der Waals surface area (Å²) in [5.74, 6) is 1.40. The first-order chi connectivity index (χ1) is 12.8. The zero-order chi connectivity index (χ0) is 17.8. The number of piperazine rings is 1. The lowest BCUT2D eigenvalue weighted by atomic mass is 10.2. The third kappa shape index (κ3) is 4.67. The third-order valence-electron chi connectivity index (χ3n) is 5.85. The van der Waals surface area contributed by atoms with E-state index in [2.05, 4.69) is 15.2 Å². The lowest BCUT2D eigenvalue weighted by molar-refractivity contribution is 0.109. The van der Waals surface area contributed by atoms with Crippen LogP contribution in [0, 0.1) is 5.92 Å². The molecule has 26 heavy (non-hydrogen) atoms. The van der Waals surface area contributed by atoms with Gasteiger partial charge in [-0.2, -0.15) is 0 Å². The molecule has 4 rings (SSSR count). The molecule has 142 valence electrons. The minimum atomic E-state index is 0.0325. The van der Waals surface area contributed by atoms with Crippen molar-refractivity contribution >= 4 is 6.03 Å². The molecule has 2 saturated carbocycles. The maximum absolute atomic E-state index is 12.4. The molecule has 1 aromatic heterocycles. The SMILES string of the molecule is O=C(NCc1ccc(OCC2CC2)nc1)N1CCN(C2CCCC2)CC1. The number of hydrogen-bond acceptors (Lipinski definition) is 4. The van der Waals surface area contributed by atoms with E-state index in [9.17, 15) is 4.79 Å². The number of urea groups is 1. The molecule has 1 saturated heterocycles. The molecule has 0 aromatic carbocycles. The van der Waals surface area contributed by atoms with Crippen molar-refractivity contribution in [3.8, 4) is 5.88 Å². The van der Waals surface area contributed by atoms with E-state index >= 15 is 0 Å². The summed E-state index contributed by atoms with van der Waals surface area (Å²) in [6.07, 6.45) is 9.74. The molecule has 0 radical (unpaired) electrons. The molecular weight excluding hydrogens is 328 g/mol. The highest BCUT2D eigenvalue weighted by atomic mass is 16.5. The van der Waals surface area contributed by atoms with Crippen LogP contribution in [0.25, 0.3) is 0 Å². The summed E-state index contributed by atoms with van der Waals surface area (Å²) in [6, 6.07) is 4.66. The number of hydrogen-bond donors (Lipinski definition) is 1. The smallest absolute Gasteiger partial charge is 0.317 e. The summed E-state index contributed by atoms with van der Waals surface area (Å²) >= 11 is 0. The van der Waals surface area contributed by atoms with Crippen LogP contribution in [0.5, 0.6) is 5.88 Å². The van der Waals surface area contributed by atoms with E-state index in [0.717, 1.165) is 50.3 Å². The molecule has 0 atom stereocenters. The lowest BCUT2D eigenvalue weighted by Crippen LogP contribution is -2.53. The molecule has 2 heterocycles. The van der Waals surface area contributed by atoms with Gasteiger partial charge in [-0.1, -0.05) is 18.9 Å². The van der Waals surface area contributed by atoms with Gasteiger partial charge in [0, 0.05) is 51.0 Å². The highest BCUT2D eigenvalue weighted by Crippen LogP contribution is 2.29. The second-order valence-electron chi connectivity index (χ2n) is 7.88. The van der Waals surface area contributed by atoms with Gasteiger partial charge in [-0.25, -0.2) is 9.78 Å². The van der Waals surface area contributed by atoms with Gasteiger partial charge < -0.3 is 15.0 Å². The Bertz CT molecular complexity index is 588. The van der Waals surface area contributed by atoms with Gasteiger partial charge in [0.1, 0.15) is 0 Å². The first-order valence-corrected chi connectivity index (χ1v) is 10.1. The van der Waals surface area contributed by atoms with E-state index in [-0.39, 0.29) is 6.03 Å². The molecule has 0 bridgehead atoms. The highest BCUT2D eigenvalue weighted by molar-refractivity contribution is 5.74. The van der Waals surface area contributed by atoms with Crippen LogP contribution in [-0.4, -0.2) is 59.6 Å². The Morgan fingerprint density at radius 2 is 1.88 bits per heavy atom. The summed E-state index contributed by atoms with van der Waals surface area (Å²) in [6.45, 7) is 4.95. The Labute approximate surface area is 155 Å². The summed E-state index contributed by atoms with van der Waals surface area (Å²) in [7, 11) is 0. The highest BCUT2D eigenvalue weighted by Gasteiger charge is 2.27. The Morgan fingerprint density at radius 1 is 1.12 bits per heavy atom. The summed E-state index contributed by atoms with van der Waals surface area (Å²) in [5, 5.41) is 3.02. The molecule has 1 aliphatic heterocycles. The lowest BCUT2D eigenvalue weighted by Gasteiger charge is -2.38. The molecule has 6 heteroatoms. The Kier molecular flexibility index (Phi) is 5.58. The molecule has 6 nitrogen and oxygen atoms in total. The van der Waals surface area contributed by atoms with Crippen molar-refractivity contribution < 1.29 is 9.53 Å². The van der Waals surface area contributed by atoms with Gasteiger partial charge in [0.2, 0.25) is 5.88 Å². The third-order valence-corrected chi connectivity index (χ3v) is 5.85. The van der Waals surface area contributed by atoms with E-state index in [4.69, 9.17) is 4.74 Å². The van der Waals surface area contributed by atoms with Crippen LogP contribution < -0.4 is 10.1 Å². The standard InChI is InChI=1S/C20H30N4O2/c25-20(24-11-9-23(10-12-24)18-3-1-2-4-18)22-14-17-7-8-19(21-13-17)26-15-16-5-6-16/h7-8,13,16,18H,1-6,9-12,14-15H2,(H,22,25). The van der Waals surface area contributed by atoms with Crippen LogP contribution in [0.2, 0.25) is 0 Å². The molecule has 0 unspecified atom stereocenters. The van der Waals surface area contributed by atoms with Gasteiger partial charge >= 0.3 is 6.03 Å². The second kappa shape index (κ2) is 8.25. The predicted octanol–water partition coefficient (Wildman–Crippen LogP) is 2.64. The van der Waals surface area contributed by atoms with Gasteiger partial charge in [-0.15, -0.1) is 0 Å². The largest absolute Gasteiger partial charge is 0.477 e. The second-order valence-corrected chi connectivity index (χ2v) is 7.88. The first-order valence-electron chi connectivity index (χ1n) is 10.1. The molecule has 1 N–H and O–H groups in total. The van der Waals surface area contributed by atoms with E-state index in [0.29, 0.717) is 12.4 Å². The zero-order valence-corrected chi connectivity index (χ0v) is 15.5. The average molecular weight is 358 g/mol. The molecule has 2 amide bonds. The fourth-order valence-electron chi connectivity index (χ4n) is 3.94. The fourth-order valence-corrected chi connectivity index (χ4v) is 3.94. The molecule has 3 aliphatic rings. The van der Waals surface area contributed by atoms with Crippen LogP contribution in [0.15, 0.2) is 18.3 Å². The van der Waals surface area contributed by atoms with E-state index in [1.54, 1.807) is 6.20 Å². The van der Waals surface area contributed by atoms with Crippen molar-refractivity contribution in [2.75, 3.05) is 32.8 Å². The van der Waals surface area contributed by atoms with Crippen molar-refractivity contribution in [1.29, 1.82) is 0 Å². The fraction of sp³-hybridized carbons (Fsp3) is 0.700. The van der Waals surface area contributed by atoms with Crippen molar-refractivity contribution in [3.05, 3.63) is 23.9 Å². The maximum atomic E-state index is 12.4. The number of amides is 2. The van der Waals surface area contributed by atoms with E-state index < -0.39 is 0 Å². The van der Waals surface area contributed by atoms with Crippen molar-refractivity contribution in [2.45, 2.75) is 51.1 Å². The first kappa shape index (κ1) is 17.6. The minimum absolute atomic E-state index is 0.0325. The van der Waals surface area contributed by atoms with Crippen molar-refractivity contribution in [2.24, 2.45) is 5.92 Å². The Balaban J connectivity index is 1.17. The van der Waals surface area contributed by atoms with Gasteiger partial charge in [0.25, 0.3) is 0 Å². The number of rotatable bonds is 6. The molecule has 2 aliphatic carbocycles. The number of aromatic nitrogens is 1. The van der Waals surface area contributed by atoms with Crippen molar-refractivity contribution in [1.82, 2.24) is 20.1 Å². The number of carbonyl (C=O) groups is 1. The molecule has 3 fully saturated rings. The Hall–Kier alpha value is -1.82. The van der Waals surface area contributed by atoms with Crippen LogP contribution in [0.4, 0.5) is 4.79 Å². The maximum Gasteiger partial charge on any atom is 0.317 e. The van der Waals surface area contributed by atoms with Crippen LogP contribution in [-0.2, 0) is 6.54 Å². The number of carbonyl (C=O) groups excluding carboxylic acids is 1. The number of ether oxygens (including phenoxy) is 1. The summed E-state index contributed by atoms with van der Waals surface area (Å²) in [4.78, 5) is 21.2. The topological polar surface area (TPSA) is 57.7 Å². The molecule has 1 aromatic rings. The van der Waals surface area contributed by atoms with Gasteiger partial charge in [0.05, 0.1) is 6.61 Å². The number of nitrogens with zero attached hydrogens (tertiary/aromatic N) is 3. The van der Waals surface area contributed by atoms with Crippen LogP contribution >= 0.6 is 0 Å². The summed E-state index contributed by atoms with van der Waals surface area (Å²) < 4.78 is 5.65. The normalized spacial score (nSPS) is 21.8. The van der Waals surface area contributed by atoms with Crippen LogP contribution in [0.1, 0.15) is 44.1 Å². The predicted molar refractivity (Wildman–Crippen MR) is 100 cm³/mol. The summed E-state index contributed by atoms with van der Waals surface area (Å²) in [5.41, 5.74) is 1.00. The zero-order valence-electron chi connectivity index (χ0n) is 15.5. The van der Waals surface area contributed by atoms with E-state index in [1.807, 2.05) is 17.0 Å². The van der Waals surface area contributed by atoms with E-state index in [1.165, 1.54) is 38.5 Å². The van der Waals surface area contributed by atoms with Crippen LogP contribution in [0.3, 0.4) is 0 Å². The van der Waals surface area contributed by atoms with Gasteiger partial charge in [-0.05, 0) is 37.2 Å². The number of nitrogens with one attached hydrogen (secondary N) is 1. The Morgan fingerprint density at radius 3 is 2.54 bits per heavy atom. The molecular formula is C20H30N4O2. The minimum Gasteiger partial charge on any atom is -0.477 e. The van der Waals surface area contributed by atoms with Gasteiger partial charge in [0.15, 0.2) is 0 Å².